The van der Waals surface area contributed by atoms with Gasteiger partial charge in [-0.05, 0) is 66.7 Å². The summed E-state index contributed by atoms with van der Waals surface area (Å²) in [6.07, 6.45) is 1.69. The maximum absolute atomic E-state index is 12.6. The van der Waals surface area contributed by atoms with Crippen LogP contribution < -0.4 is 4.74 Å². The van der Waals surface area contributed by atoms with Crippen LogP contribution in [0.1, 0.15) is 22.8 Å². The van der Waals surface area contributed by atoms with Gasteiger partial charge in [0.05, 0.1) is 32.8 Å². The number of carbonyl (C=O) groups excluding carboxylic acids is 1. The number of ether oxygens (including phenoxy) is 1. The zero-order chi connectivity index (χ0) is 21.1. The van der Waals surface area contributed by atoms with Crippen molar-refractivity contribution in [1.29, 1.82) is 0 Å². The second-order valence-corrected chi connectivity index (χ2v) is 7.79. The number of carboxylic acid groups (broad SMARTS) is 1. The van der Waals surface area contributed by atoms with E-state index in [-0.39, 0.29) is 11.5 Å². The zero-order valence-corrected chi connectivity index (χ0v) is 17.8. The summed E-state index contributed by atoms with van der Waals surface area (Å²) in [5.41, 5.74) is 1.38. The predicted octanol–water partition coefficient (Wildman–Crippen LogP) is 5.32. The topological polar surface area (TPSA) is 79.2 Å². The number of likely N-dealkylation sites (N-methyl/N-ethyl adjacent to an activating group) is 1. The lowest BCUT2D eigenvalue weighted by atomic mass is 10.2. The first-order chi connectivity index (χ1) is 13.8. The Hall–Kier alpha value is -2.48. The molecule has 0 unspecified atom stereocenters. The van der Waals surface area contributed by atoms with Crippen LogP contribution in [-0.4, -0.2) is 40.7 Å². The number of halogens is 2. The van der Waals surface area contributed by atoms with Crippen LogP contribution in [0.5, 0.6) is 5.75 Å². The fourth-order valence-electron chi connectivity index (χ4n) is 2.54. The number of amides is 1. The number of carboxylic acids is 1. The second kappa shape index (κ2) is 8.90. The van der Waals surface area contributed by atoms with Crippen LogP contribution in [0.15, 0.2) is 46.3 Å². The molecule has 0 saturated carbocycles. The maximum Gasteiger partial charge on any atom is 0.335 e. The van der Waals surface area contributed by atoms with E-state index in [9.17, 15) is 9.59 Å². The van der Waals surface area contributed by atoms with Gasteiger partial charge < -0.3 is 9.84 Å². The van der Waals surface area contributed by atoms with E-state index in [4.69, 9.17) is 33.0 Å². The standard InChI is InChI=1S/C20H16Cl2N2O4S/c1-3-28-17-14(21)8-11(9-15(17)22)10-16-18(25)24(2)20(29-16)23-13-6-4-12(5-7-13)19(26)27/h4-10H,3H2,1-2H3,(H,26,27)/b16-10-,23-20?. The molecular formula is C20H16Cl2N2O4S. The predicted molar refractivity (Wildman–Crippen MR) is 116 cm³/mol. The van der Waals surface area contributed by atoms with E-state index >= 15 is 0 Å². The SMILES string of the molecule is CCOc1c(Cl)cc(/C=C2\SC(=Nc3ccc(C(=O)O)cc3)N(C)C2=O)cc1Cl. The van der Waals surface area contributed by atoms with Crippen molar-refractivity contribution in [1.82, 2.24) is 4.90 Å². The lowest BCUT2D eigenvalue weighted by Crippen LogP contribution is -2.23. The molecule has 2 aromatic rings. The first-order valence-electron chi connectivity index (χ1n) is 8.51. The molecule has 1 aliphatic heterocycles. The van der Waals surface area contributed by atoms with Gasteiger partial charge in [-0.15, -0.1) is 0 Å². The molecule has 1 aliphatic rings. The monoisotopic (exact) mass is 450 g/mol. The summed E-state index contributed by atoms with van der Waals surface area (Å²) < 4.78 is 5.42. The molecule has 3 rings (SSSR count). The molecule has 0 spiro atoms. The molecule has 1 saturated heterocycles. The molecule has 2 aromatic carbocycles. The minimum Gasteiger partial charge on any atom is -0.491 e. The lowest BCUT2D eigenvalue weighted by Gasteiger charge is -2.09. The van der Waals surface area contributed by atoms with Gasteiger partial charge in [0.15, 0.2) is 10.9 Å². The van der Waals surface area contributed by atoms with Crippen molar-refractivity contribution in [2.24, 2.45) is 4.99 Å². The van der Waals surface area contributed by atoms with Crippen molar-refractivity contribution >= 4 is 63.8 Å². The van der Waals surface area contributed by atoms with Gasteiger partial charge in [0, 0.05) is 7.05 Å². The highest BCUT2D eigenvalue weighted by atomic mass is 35.5. The van der Waals surface area contributed by atoms with Crippen molar-refractivity contribution in [3.63, 3.8) is 0 Å². The molecule has 29 heavy (non-hydrogen) atoms. The third-order valence-electron chi connectivity index (χ3n) is 3.95. The molecule has 1 N–H and O–H groups in total. The molecule has 0 aliphatic carbocycles. The largest absolute Gasteiger partial charge is 0.491 e. The molecular weight excluding hydrogens is 435 g/mol. The minimum atomic E-state index is -1.01. The van der Waals surface area contributed by atoms with Crippen molar-refractivity contribution in [3.8, 4) is 5.75 Å². The van der Waals surface area contributed by atoms with Crippen molar-refractivity contribution < 1.29 is 19.4 Å². The van der Waals surface area contributed by atoms with Crippen LogP contribution >= 0.6 is 35.0 Å². The summed E-state index contributed by atoms with van der Waals surface area (Å²) in [6, 6.07) is 9.46. The Morgan fingerprint density at radius 3 is 2.41 bits per heavy atom. The quantitative estimate of drug-likeness (QED) is 0.623. The fraction of sp³-hybridized carbons (Fsp3) is 0.150. The summed E-state index contributed by atoms with van der Waals surface area (Å²) >= 11 is 13.7. The molecule has 0 aromatic heterocycles. The number of aromatic carboxylic acids is 1. The van der Waals surface area contributed by atoms with E-state index in [0.29, 0.717) is 43.7 Å². The summed E-state index contributed by atoms with van der Waals surface area (Å²) in [4.78, 5) is 29.9. The first-order valence-corrected chi connectivity index (χ1v) is 10.1. The van der Waals surface area contributed by atoms with Gasteiger partial charge >= 0.3 is 5.97 Å². The van der Waals surface area contributed by atoms with Gasteiger partial charge in [-0.1, -0.05) is 23.2 Å². The van der Waals surface area contributed by atoms with Gasteiger partial charge in [0.25, 0.3) is 5.91 Å². The van der Waals surface area contributed by atoms with Crippen LogP contribution in [-0.2, 0) is 4.79 Å². The average Bonchev–Trinajstić information content (AvgIpc) is 2.93. The minimum absolute atomic E-state index is 0.169. The summed E-state index contributed by atoms with van der Waals surface area (Å²) in [6.45, 7) is 2.27. The second-order valence-electron chi connectivity index (χ2n) is 5.97. The molecule has 1 fully saturated rings. The number of hydrogen-bond donors (Lipinski definition) is 1. The number of aliphatic imine (C=N–C) groups is 1. The highest BCUT2D eigenvalue weighted by Crippen LogP contribution is 2.37. The summed E-state index contributed by atoms with van der Waals surface area (Å²) in [5, 5.41) is 10.2. The van der Waals surface area contributed by atoms with Crippen molar-refractivity contribution in [3.05, 3.63) is 62.5 Å². The fourth-order valence-corrected chi connectivity index (χ4v) is 4.14. The molecule has 6 nitrogen and oxygen atoms in total. The van der Waals surface area contributed by atoms with E-state index < -0.39 is 5.97 Å². The molecule has 9 heteroatoms. The Kier molecular flexibility index (Phi) is 6.52. The highest BCUT2D eigenvalue weighted by Gasteiger charge is 2.30. The summed E-state index contributed by atoms with van der Waals surface area (Å²) in [7, 11) is 1.62. The third kappa shape index (κ3) is 4.75. The molecule has 1 heterocycles. The normalized spacial score (nSPS) is 16.7. The van der Waals surface area contributed by atoms with E-state index in [1.165, 1.54) is 28.8 Å². The van der Waals surface area contributed by atoms with Crippen LogP contribution in [0.25, 0.3) is 6.08 Å². The smallest absolute Gasteiger partial charge is 0.335 e. The third-order valence-corrected chi connectivity index (χ3v) is 5.57. The molecule has 0 bridgehead atoms. The molecule has 0 radical (unpaired) electrons. The number of amidine groups is 1. The van der Waals surface area contributed by atoms with E-state index in [0.717, 1.165) is 0 Å². The average molecular weight is 451 g/mol. The van der Waals surface area contributed by atoms with Crippen molar-refractivity contribution in [2.75, 3.05) is 13.7 Å². The van der Waals surface area contributed by atoms with E-state index in [2.05, 4.69) is 4.99 Å². The van der Waals surface area contributed by atoms with Crippen LogP contribution in [0.3, 0.4) is 0 Å². The van der Waals surface area contributed by atoms with Gasteiger partial charge in [0.2, 0.25) is 0 Å². The number of thioether (sulfide) groups is 1. The highest BCUT2D eigenvalue weighted by molar-refractivity contribution is 8.18. The maximum atomic E-state index is 12.6. The number of carbonyl (C=O) groups is 2. The lowest BCUT2D eigenvalue weighted by molar-refractivity contribution is -0.121. The zero-order valence-electron chi connectivity index (χ0n) is 15.5. The van der Waals surface area contributed by atoms with Gasteiger partial charge in [0.1, 0.15) is 0 Å². The first kappa shape index (κ1) is 21.2. The number of hydrogen-bond acceptors (Lipinski definition) is 5. The Labute approximate surface area is 181 Å². The van der Waals surface area contributed by atoms with Crippen LogP contribution in [0.2, 0.25) is 10.0 Å². The number of benzene rings is 2. The Bertz CT molecular complexity index is 1010. The number of rotatable bonds is 5. The van der Waals surface area contributed by atoms with Crippen LogP contribution in [0.4, 0.5) is 5.69 Å². The Morgan fingerprint density at radius 2 is 1.86 bits per heavy atom. The van der Waals surface area contributed by atoms with Gasteiger partial charge in [-0.3, -0.25) is 9.69 Å². The van der Waals surface area contributed by atoms with Gasteiger partial charge in [-0.2, -0.15) is 0 Å². The number of nitrogens with zero attached hydrogens (tertiary/aromatic N) is 2. The van der Waals surface area contributed by atoms with E-state index in [1.54, 1.807) is 37.4 Å². The van der Waals surface area contributed by atoms with Gasteiger partial charge in [-0.25, -0.2) is 9.79 Å². The molecule has 0 atom stereocenters. The van der Waals surface area contributed by atoms with Crippen LogP contribution in [0, 0.1) is 0 Å². The van der Waals surface area contributed by atoms with Crippen molar-refractivity contribution in [2.45, 2.75) is 6.92 Å². The van der Waals surface area contributed by atoms with E-state index in [1.807, 2.05) is 6.92 Å². The molecule has 150 valence electrons. The Morgan fingerprint density at radius 1 is 1.24 bits per heavy atom. The molecule has 1 amide bonds. The summed E-state index contributed by atoms with van der Waals surface area (Å²) in [5.74, 6) is -0.811. The Balaban J connectivity index is 1.87.